The number of rotatable bonds is 40. The highest BCUT2D eigenvalue weighted by molar-refractivity contribution is 5.76. The Balaban J connectivity index is 3.55. The van der Waals surface area contributed by atoms with Gasteiger partial charge in [-0.25, -0.2) is 0 Å². The molecule has 0 saturated carbocycles. The van der Waals surface area contributed by atoms with Crippen molar-refractivity contribution < 1.29 is 20.1 Å². The molecule has 3 unspecified atom stereocenters. The molecule has 5 nitrogen and oxygen atoms in total. The van der Waals surface area contributed by atoms with Crippen LogP contribution in [0.5, 0.6) is 0 Å². The minimum absolute atomic E-state index is 0.142. The fraction of sp³-hybridized carbons (Fsp3) is 0.977. The zero-order chi connectivity index (χ0) is 35.2. The third-order valence-corrected chi connectivity index (χ3v) is 10.5. The zero-order valence-electron chi connectivity index (χ0n) is 32.6. The van der Waals surface area contributed by atoms with Crippen molar-refractivity contribution in [3.8, 4) is 0 Å². The molecule has 48 heavy (non-hydrogen) atoms. The minimum Gasteiger partial charge on any atom is -0.394 e. The molecule has 0 bridgehead atoms. The lowest BCUT2D eigenvalue weighted by Gasteiger charge is -2.26. The van der Waals surface area contributed by atoms with E-state index < -0.39 is 18.2 Å². The van der Waals surface area contributed by atoms with Crippen molar-refractivity contribution in [1.29, 1.82) is 0 Å². The summed E-state index contributed by atoms with van der Waals surface area (Å²) < 4.78 is 0. The third-order valence-electron chi connectivity index (χ3n) is 10.5. The SMILES string of the molecule is CCCCCCCCCCCCCCCCCCCCCCCCC(O)C(O)C(CO)NC(=O)CCCCCCCCCCCCCC. The van der Waals surface area contributed by atoms with E-state index in [1.165, 1.54) is 186 Å². The summed E-state index contributed by atoms with van der Waals surface area (Å²) in [5.74, 6) is -0.142. The molecule has 0 aromatic carbocycles. The van der Waals surface area contributed by atoms with Crippen LogP contribution in [0.3, 0.4) is 0 Å². The van der Waals surface area contributed by atoms with E-state index in [2.05, 4.69) is 19.2 Å². The van der Waals surface area contributed by atoms with Gasteiger partial charge in [-0.15, -0.1) is 0 Å². The van der Waals surface area contributed by atoms with Gasteiger partial charge in [-0.3, -0.25) is 4.79 Å². The summed E-state index contributed by atoms with van der Waals surface area (Å²) in [6, 6.07) is -0.801. The van der Waals surface area contributed by atoms with Crippen LogP contribution in [0.15, 0.2) is 0 Å². The topological polar surface area (TPSA) is 89.8 Å². The van der Waals surface area contributed by atoms with Crippen molar-refractivity contribution in [3.05, 3.63) is 0 Å². The van der Waals surface area contributed by atoms with Gasteiger partial charge in [-0.1, -0.05) is 226 Å². The molecule has 0 spiro atoms. The van der Waals surface area contributed by atoms with E-state index in [0.717, 1.165) is 32.1 Å². The first kappa shape index (κ1) is 47.4. The van der Waals surface area contributed by atoms with E-state index >= 15 is 0 Å². The fourth-order valence-corrected chi connectivity index (χ4v) is 7.05. The Kier molecular flexibility index (Phi) is 38.6. The molecule has 0 saturated heterocycles. The second kappa shape index (κ2) is 39.1. The van der Waals surface area contributed by atoms with Crippen LogP contribution in [-0.2, 0) is 4.79 Å². The number of carbonyl (C=O) groups excluding carboxylic acids is 1. The summed E-state index contributed by atoms with van der Waals surface area (Å²) in [6.07, 6.45) is 43.5. The summed E-state index contributed by atoms with van der Waals surface area (Å²) in [4.78, 5) is 12.4. The van der Waals surface area contributed by atoms with Crippen LogP contribution in [0.2, 0.25) is 0 Å². The summed E-state index contributed by atoms with van der Waals surface area (Å²) in [6.45, 7) is 4.19. The molecular formula is C43H87NO4. The van der Waals surface area contributed by atoms with Gasteiger partial charge in [-0.2, -0.15) is 0 Å². The number of hydrogen-bond donors (Lipinski definition) is 4. The molecule has 288 valence electrons. The Morgan fingerprint density at radius 2 is 0.708 bits per heavy atom. The average Bonchev–Trinajstić information content (AvgIpc) is 3.09. The van der Waals surface area contributed by atoms with Gasteiger partial charge in [0.2, 0.25) is 5.91 Å². The predicted octanol–water partition coefficient (Wildman–Crippen LogP) is 12.3. The minimum atomic E-state index is -1.13. The van der Waals surface area contributed by atoms with Crippen molar-refractivity contribution >= 4 is 5.91 Å². The quantitative estimate of drug-likeness (QED) is 0.0485. The van der Waals surface area contributed by atoms with Crippen molar-refractivity contribution in [2.24, 2.45) is 0 Å². The molecule has 4 N–H and O–H groups in total. The van der Waals surface area contributed by atoms with Gasteiger partial charge in [0.05, 0.1) is 18.8 Å². The van der Waals surface area contributed by atoms with Gasteiger partial charge >= 0.3 is 0 Å². The van der Waals surface area contributed by atoms with Crippen LogP contribution in [0, 0.1) is 0 Å². The lowest BCUT2D eigenvalue weighted by molar-refractivity contribution is -0.124. The summed E-state index contributed by atoms with van der Waals surface area (Å²) in [5, 5.41) is 33.5. The highest BCUT2D eigenvalue weighted by Crippen LogP contribution is 2.17. The van der Waals surface area contributed by atoms with Gasteiger partial charge in [0.25, 0.3) is 0 Å². The molecule has 0 aliphatic rings. The van der Waals surface area contributed by atoms with Crippen LogP contribution in [-0.4, -0.2) is 46.1 Å². The second-order valence-corrected chi connectivity index (χ2v) is 15.3. The van der Waals surface area contributed by atoms with E-state index in [9.17, 15) is 20.1 Å². The second-order valence-electron chi connectivity index (χ2n) is 15.3. The van der Waals surface area contributed by atoms with Gasteiger partial charge < -0.3 is 20.6 Å². The zero-order valence-corrected chi connectivity index (χ0v) is 32.6. The highest BCUT2D eigenvalue weighted by atomic mass is 16.3. The van der Waals surface area contributed by atoms with E-state index in [0.29, 0.717) is 12.8 Å². The fourth-order valence-electron chi connectivity index (χ4n) is 7.05. The number of carbonyl (C=O) groups is 1. The molecular weight excluding hydrogens is 594 g/mol. The van der Waals surface area contributed by atoms with Crippen molar-refractivity contribution in [2.75, 3.05) is 6.61 Å². The molecule has 0 aliphatic carbocycles. The molecule has 0 aliphatic heterocycles. The van der Waals surface area contributed by atoms with Gasteiger partial charge in [0.1, 0.15) is 6.10 Å². The van der Waals surface area contributed by atoms with Crippen LogP contribution in [0.1, 0.15) is 245 Å². The first-order valence-electron chi connectivity index (χ1n) is 21.8. The van der Waals surface area contributed by atoms with Gasteiger partial charge in [-0.05, 0) is 12.8 Å². The van der Waals surface area contributed by atoms with Gasteiger partial charge in [0, 0.05) is 6.42 Å². The van der Waals surface area contributed by atoms with E-state index in [-0.39, 0.29) is 12.5 Å². The van der Waals surface area contributed by atoms with E-state index in [4.69, 9.17) is 0 Å². The predicted molar refractivity (Wildman–Crippen MR) is 209 cm³/mol. The lowest BCUT2D eigenvalue weighted by Crippen LogP contribution is -2.50. The molecule has 3 atom stereocenters. The number of aliphatic hydroxyl groups is 3. The maximum absolute atomic E-state index is 12.4. The number of unbranched alkanes of at least 4 members (excludes halogenated alkanes) is 32. The molecule has 0 rings (SSSR count). The van der Waals surface area contributed by atoms with Crippen molar-refractivity contribution in [1.82, 2.24) is 5.32 Å². The molecule has 0 heterocycles. The van der Waals surface area contributed by atoms with E-state index in [1.54, 1.807) is 0 Å². The third kappa shape index (κ3) is 33.8. The molecule has 0 aromatic rings. The van der Waals surface area contributed by atoms with Gasteiger partial charge in [0.15, 0.2) is 0 Å². The molecule has 0 radical (unpaired) electrons. The van der Waals surface area contributed by atoms with Crippen LogP contribution < -0.4 is 5.32 Å². The van der Waals surface area contributed by atoms with Crippen LogP contribution >= 0.6 is 0 Å². The standard InChI is InChI=1S/C43H87NO4/c1-3-5-7-9-11-13-15-17-18-19-20-21-22-23-24-25-26-27-29-31-33-35-37-41(46)43(48)40(39-45)44-42(47)38-36-34-32-30-28-16-14-12-10-8-6-4-2/h40-41,43,45-46,48H,3-39H2,1-2H3,(H,44,47). The Hall–Kier alpha value is -0.650. The summed E-state index contributed by atoms with van der Waals surface area (Å²) in [5.41, 5.74) is 0. The smallest absolute Gasteiger partial charge is 0.220 e. The monoisotopic (exact) mass is 682 g/mol. The van der Waals surface area contributed by atoms with Crippen LogP contribution in [0.4, 0.5) is 0 Å². The Labute approximate surface area is 300 Å². The summed E-state index contributed by atoms with van der Waals surface area (Å²) in [7, 11) is 0. The summed E-state index contributed by atoms with van der Waals surface area (Å²) >= 11 is 0. The maximum Gasteiger partial charge on any atom is 0.220 e. The Bertz CT molecular complexity index is 630. The maximum atomic E-state index is 12.4. The number of amides is 1. The largest absolute Gasteiger partial charge is 0.394 e. The van der Waals surface area contributed by atoms with Crippen molar-refractivity contribution in [3.63, 3.8) is 0 Å². The highest BCUT2D eigenvalue weighted by Gasteiger charge is 2.26. The molecule has 0 aromatic heterocycles. The van der Waals surface area contributed by atoms with Crippen LogP contribution in [0.25, 0.3) is 0 Å². The first-order valence-corrected chi connectivity index (χ1v) is 21.8. The number of hydrogen-bond acceptors (Lipinski definition) is 4. The number of nitrogens with one attached hydrogen (secondary N) is 1. The number of aliphatic hydroxyl groups excluding tert-OH is 3. The average molecular weight is 682 g/mol. The molecule has 5 heteroatoms. The van der Waals surface area contributed by atoms with Crippen molar-refractivity contribution in [2.45, 2.75) is 263 Å². The molecule has 0 fully saturated rings. The molecule has 1 amide bonds. The lowest BCUT2D eigenvalue weighted by atomic mass is 9.99. The van der Waals surface area contributed by atoms with E-state index in [1.807, 2.05) is 0 Å². The normalized spacial score (nSPS) is 13.5. The Morgan fingerprint density at radius 3 is 1.00 bits per heavy atom. The first-order chi connectivity index (χ1) is 23.6. The Morgan fingerprint density at radius 1 is 0.438 bits per heavy atom.